The van der Waals surface area contributed by atoms with E-state index in [1.807, 2.05) is 0 Å². The van der Waals surface area contributed by atoms with Gasteiger partial charge in [0.05, 0.1) is 0 Å². The Morgan fingerprint density at radius 1 is 1.48 bits per heavy atom. The maximum Gasteiger partial charge on any atom is 0.406 e. The van der Waals surface area contributed by atoms with E-state index in [0.29, 0.717) is 0 Å². The van der Waals surface area contributed by atoms with Crippen molar-refractivity contribution in [3.63, 3.8) is 0 Å². The van der Waals surface area contributed by atoms with Crippen LogP contribution in [0.4, 0.5) is 5.82 Å². The van der Waals surface area contributed by atoms with Crippen LogP contribution in [0, 0.1) is 10.1 Å². The van der Waals surface area contributed by atoms with Crippen molar-refractivity contribution in [2.75, 3.05) is 0 Å². The minimum Gasteiger partial charge on any atom is -0.473 e. The van der Waals surface area contributed by atoms with Gasteiger partial charge < -0.3 is 20.2 Å². The summed E-state index contributed by atoms with van der Waals surface area (Å²) < 4.78 is 5.39. The summed E-state index contributed by atoms with van der Waals surface area (Å²) in [5, 5.41) is 13.8. The molecule has 1 aliphatic carbocycles. The first-order valence-electron chi connectivity index (χ1n) is 7.14. The van der Waals surface area contributed by atoms with E-state index < -0.39 is 11.0 Å². The van der Waals surface area contributed by atoms with Crippen LogP contribution < -0.4 is 10.1 Å². The lowest BCUT2D eigenvalue weighted by Crippen LogP contribution is -2.43. The monoisotopic (exact) mass is 293 g/mol. The normalized spacial score (nSPS) is 17.0. The molecule has 1 aromatic rings. The van der Waals surface area contributed by atoms with Crippen LogP contribution in [0.3, 0.4) is 0 Å². The maximum absolute atomic E-state index is 12.1. The summed E-state index contributed by atoms with van der Waals surface area (Å²) in [5.41, 5.74) is 0. The zero-order chi connectivity index (χ0) is 15.2. The van der Waals surface area contributed by atoms with Crippen molar-refractivity contribution >= 4 is 11.7 Å². The number of pyridine rings is 1. The van der Waals surface area contributed by atoms with Gasteiger partial charge in [0.2, 0.25) is 5.75 Å². The smallest absolute Gasteiger partial charge is 0.406 e. The Morgan fingerprint density at radius 3 is 2.86 bits per heavy atom. The van der Waals surface area contributed by atoms with E-state index in [0.717, 1.165) is 25.7 Å². The average Bonchev–Trinajstić information content (AvgIpc) is 2.48. The van der Waals surface area contributed by atoms with Gasteiger partial charge in [0.15, 0.2) is 6.10 Å². The fourth-order valence-corrected chi connectivity index (χ4v) is 2.42. The summed E-state index contributed by atoms with van der Waals surface area (Å²) in [5.74, 6) is -0.622. The number of ether oxygens (including phenoxy) is 1. The molecule has 1 aliphatic rings. The molecule has 2 rings (SSSR count). The molecule has 1 aromatic heterocycles. The largest absolute Gasteiger partial charge is 0.473 e. The summed E-state index contributed by atoms with van der Waals surface area (Å²) in [7, 11) is 0. The molecule has 114 valence electrons. The molecule has 1 heterocycles. The van der Waals surface area contributed by atoms with Crippen LogP contribution in [0.2, 0.25) is 0 Å². The molecule has 7 heteroatoms. The molecule has 21 heavy (non-hydrogen) atoms. The molecular weight excluding hydrogens is 274 g/mol. The Morgan fingerprint density at radius 2 is 2.19 bits per heavy atom. The lowest BCUT2D eigenvalue weighted by Gasteiger charge is -2.24. The highest BCUT2D eigenvalue weighted by atomic mass is 16.6. The van der Waals surface area contributed by atoms with Gasteiger partial charge in [-0.25, -0.2) is 0 Å². The van der Waals surface area contributed by atoms with Crippen LogP contribution in [0.15, 0.2) is 18.3 Å². The Bertz CT molecular complexity index is 515. The molecule has 0 saturated heterocycles. The van der Waals surface area contributed by atoms with Crippen LogP contribution >= 0.6 is 0 Å². The molecule has 1 fully saturated rings. The Kier molecular flexibility index (Phi) is 5.08. The average molecular weight is 293 g/mol. The van der Waals surface area contributed by atoms with Crippen molar-refractivity contribution in [2.24, 2.45) is 0 Å². The van der Waals surface area contributed by atoms with Gasteiger partial charge in [-0.2, -0.15) is 0 Å². The molecule has 1 amide bonds. The minimum atomic E-state index is -0.796. The Hall–Kier alpha value is -2.18. The van der Waals surface area contributed by atoms with Crippen LogP contribution in [0.25, 0.3) is 0 Å². The number of carbonyl (C=O) groups is 1. The number of rotatable bonds is 5. The van der Waals surface area contributed by atoms with Crippen LogP contribution in [0.1, 0.15) is 39.0 Å². The lowest BCUT2D eigenvalue weighted by atomic mass is 9.95. The van der Waals surface area contributed by atoms with Gasteiger partial charge in [-0.1, -0.05) is 19.3 Å². The lowest BCUT2D eigenvalue weighted by molar-refractivity contribution is -0.390. The molecule has 1 unspecified atom stereocenters. The number of amides is 1. The van der Waals surface area contributed by atoms with Crippen LogP contribution in [0.5, 0.6) is 5.75 Å². The highest BCUT2D eigenvalue weighted by molar-refractivity contribution is 5.81. The van der Waals surface area contributed by atoms with Gasteiger partial charge in [-0.15, -0.1) is 0 Å². The molecule has 0 spiro atoms. The van der Waals surface area contributed by atoms with E-state index >= 15 is 0 Å². The minimum absolute atomic E-state index is 0.00814. The summed E-state index contributed by atoms with van der Waals surface area (Å²) in [6.45, 7) is 1.58. The van der Waals surface area contributed by atoms with Crippen molar-refractivity contribution in [1.82, 2.24) is 10.3 Å². The predicted molar refractivity (Wildman–Crippen MR) is 76.0 cm³/mol. The number of nitrogens with one attached hydrogen (secondary N) is 1. The number of nitro groups is 1. The predicted octanol–water partition coefficient (Wildman–Crippen LogP) is 2.21. The SMILES string of the molecule is CC(Oc1cccnc1[N+](=O)[O-])C(=O)NC1CCCCC1. The summed E-state index contributed by atoms with van der Waals surface area (Å²) in [6.07, 6.45) is 5.92. The standard InChI is InChI=1S/C14H19N3O4/c1-10(14(18)16-11-6-3-2-4-7-11)21-12-8-5-9-15-13(12)17(19)20/h5,8-11H,2-4,6-7H2,1H3,(H,16,18). The van der Waals surface area contributed by atoms with E-state index in [2.05, 4.69) is 10.3 Å². The van der Waals surface area contributed by atoms with Crippen molar-refractivity contribution in [2.45, 2.75) is 51.2 Å². The third kappa shape index (κ3) is 4.14. The van der Waals surface area contributed by atoms with E-state index in [1.54, 1.807) is 6.92 Å². The second-order valence-electron chi connectivity index (χ2n) is 5.19. The molecule has 0 aliphatic heterocycles. The van der Waals surface area contributed by atoms with Crippen molar-refractivity contribution in [3.05, 3.63) is 28.4 Å². The van der Waals surface area contributed by atoms with Gasteiger partial charge in [-0.05, 0) is 41.8 Å². The van der Waals surface area contributed by atoms with E-state index in [1.165, 1.54) is 24.8 Å². The van der Waals surface area contributed by atoms with Gasteiger partial charge in [-0.3, -0.25) is 4.79 Å². The Balaban J connectivity index is 1.95. The molecule has 1 saturated carbocycles. The van der Waals surface area contributed by atoms with Crippen molar-refractivity contribution in [3.8, 4) is 5.75 Å². The fraction of sp³-hybridized carbons (Fsp3) is 0.571. The zero-order valence-electron chi connectivity index (χ0n) is 11.9. The number of hydrogen-bond acceptors (Lipinski definition) is 5. The third-order valence-electron chi connectivity index (χ3n) is 3.55. The number of nitrogens with zero attached hydrogens (tertiary/aromatic N) is 2. The topological polar surface area (TPSA) is 94.4 Å². The summed E-state index contributed by atoms with van der Waals surface area (Å²) in [4.78, 5) is 25.9. The van der Waals surface area contributed by atoms with Gasteiger partial charge >= 0.3 is 5.82 Å². The molecule has 0 bridgehead atoms. The number of hydrogen-bond donors (Lipinski definition) is 1. The van der Waals surface area contributed by atoms with Gasteiger partial charge in [0, 0.05) is 6.04 Å². The van der Waals surface area contributed by atoms with E-state index in [-0.39, 0.29) is 23.5 Å². The zero-order valence-corrected chi connectivity index (χ0v) is 11.9. The van der Waals surface area contributed by atoms with Crippen LogP contribution in [-0.4, -0.2) is 28.0 Å². The number of aromatic nitrogens is 1. The fourth-order valence-electron chi connectivity index (χ4n) is 2.42. The third-order valence-corrected chi connectivity index (χ3v) is 3.55. The van der Waals surface area contributed by atoms with Crippen molar-refractivity contribution in [1.29, 1.82) is 0 Å². The Labute approximate surface area is 122 Å². The highest BCUT2D eigenvalue weighted by Crippen LogP contribution is 2.24. The quantitative estimate of drug-likeness (QED) is 0.663. The van der Waals surface area contributed by atoms with E-state index in [9.17, 15) is 14.9 Å². The summed E-state index contributed by atoms with van der Waals surface area (Å²) in [6, 6.07) is 3.16. The molecule has 1 atom stereocenters. The number of carbonyl (C=O) groups excluding carboxylic acids is 1. The first kappa shape index (κ1) is 15.2. The first-order valence-corrected chi connectivity index (χ1v) is 7.14. The molecule has 0 aromatic carbocycles. The second kappa shape index (κ2) is 7.01. The molecular formula is C14H19N3O4. The van der Waals surface area contributed by atoms with Crippen LogP contribution in [-0.2, 0) is 4.79 Å². The van der Waals surface area contributed by atoms with E-state index in [4.69, 9.17) is 4.74 Å². The van der Waals surface area contributed by atoms with Crippen molar-refractivity contribution < 1.29 is 14.5 Å². The maximum atomic E-state index is 12.1. The first-order chi connectivity index (χ1) is 10.1. The molecule has 7 nitrogen and oxygen atoms in total. The molecule has 0 radical (unpaired) electrons. The highest BCUT2D eigenvalue weighted by Gasteiger charge is 2.24. The molecule has 1 N–H and O–H groups in total. The van der Waals surface area contributed by atoms with Gasteiger partial charge in [0.25, 0.3) is 5.91 Å². The second-order valence-corrected chi connectivity index (χ2v) is 5.19. The van der Waals surface area contributed by atoms with Gasteiger partial charge in [0.1, 0.15) is 6.20 Å². The summed E-state index contributed by atoms with van der Waals surface area (Å²) >= 11 is 0.